The maximum absolute atomic E-state index is 13.0. The summed E-state index contributed by atoms with van der Waals surface area (Å²) in [4.78, 5) is 14.6. The number of hydrogen-bond donors (Lipinski definition) is 0. The predicted molar refractivity (Wildman–Crippen MR) is 92.2 cm³/mol. The number of rotatable bonds is 3. The van der Waals surface area contributed by atoms with E-state index in [1.54, 1.807) is 35.2 Å². The van der Waals surface area contributed by atoms with E-state index in [2.05, 4.69) is 6.07 Å². The third-order valence-corrected chi connectivity index (χ3v) is 3.74. The predicted octanol–water partition coefficient (Wildman–Crippen LogP) is 4.85. The standard InChI is InChI=1S/C19H19ClN2O/c1-19(2,3)22(18(23)14-8-5-4-6-9-14)17(13-21)15-10-7-11-16(20)12-15/h4-12,17H,1-3H3. The van der Waals surface area contributed by atoms with Gasteiger partial charge in [0.25, 0.3) is 5.91 Å². The Morgan fingerprint density at radius 2 is 1.78 bits per heavy atom. The minimum Gasteiger partial charge on any atom is -0.314 e. The Labute approximate surface area is 142 Å². The highest BCUT2D eigenvalue weighted by Crippen LogP contribution is 2.31. The van der Waals surface area contributed by atoms with Gasteiger partial charge in [0.15, 0.2) is 0 Å². The zero-order chi connectivity index (χ0) is 17.0. The zero-order valence-corrected chi connectivity index (χ0v) is 14.2. The molecule has 0 radical (unpaired) electrons. The molecular formula is C19H19ClN2O. The highest BCUT2D eigenvalue weighted by atomic mass is 35.5. The average molecular weight is 327 g/mol. The van der Waals surface area contributed by atoms with Gasteiger partial charge >= 0.3 is 0 Å². The fraction of sp³-hybridized carbons (Fsp3) is 0.263. The third-order valence-electron chi connectivity index (χ3n) is 3.51. The van der Waals surface area contributed by atoms with Crippen LogP contribution in [-0.2, 0) is 0 Å². The lowest BCUT2D eigenvalue weighted by Gasteiger charge is -2.39. The number of carbonyl (C=O) groups is 1. The van der Waals surface area contributed by atoms with Crippen molar-refractivity contribution in [2.45, 2.75) is 32.4 Å². The van der Waals surface area contributed by atoms with Gasteiger partial charge < -0.3 is 4.90 Å². The lowest BCUT2D eigenvalue weighted by Crippen LogP contribution is -2.47. The second kappa shape index (κ2) is 6.85. The summed E-state index contributed by atoms with van der Waals surface area (Å²) in [5.41, 5.74) is 0.749. The van der Waals surface area contributed by atoms with Crippen molar-refractivity contribution in [3.8, 4) is 6.07 Å². The SMILES string of the molecule is CC(C)(C)N(C(=O)c1ccccc1)C(C#N)c1cccc(Cl)c1. The molecule has 0 aliphatic carbocycles. The largest absolute Gasteiger partial charge is 0.314 e. The van der Waals surface area contributed by atoms with E-state index in [4.69, 9.17) is 11.6 Å². The van der Waals surface area contributed by atoms with Gasteiger partial charge in [-0.1, -0.05) is 41.9 Å². The van der Waals surface area contributed by atoms with Gasteiger partial charge in [-0.05, 0) is 50.6 Å². The minimum atomic E-state index is -0.707. The molecule has 0 aromatic heterocycles. The number of nitriles is 1. The highest BCUT2D eigenvalue weighted by molar-refractivity contribution is 6.30. The summed E-state index contributed by atoms with van der Waals surface area (Å²) in [6, 6.07) is 17.6. The van der Waals surface area contributed by atoms with Crippen LogP contribution in [0.4, 0.5) is 0 Å². The van der Waals surface area contributed by atoms with Crippen LogP contribution in [-0.4, -0.2) is 16.3 Å². The molecular weight excluding hydrogens is 308 g/mol. The molecule has 1 atom stereocenters. The molecule has 4 heteroatoms. The zero-order valence-electron chi connectivity index (χ0n) is 13.5. The van der Waals surface area contributed by atoms with Gasteiger partial charge in [-0.3, -0.25) is 4.79 Å². The Balaban J connectivity index is 2.50. The van der Waals surface area contributed by atoms with Crippen molar-refractivity contribution in [1.29, 1.82) is 5.26 Å². The number of carbonyl (C=O) groups excluding carboxylic acids is 1. The lowest BCUT2D eigenvalue weighted by molar-refractivity contribution is 0.0509. The van der Waals surface area contributed by atoms with Crippen LogP contribution in [0.25, 0.3) is 0 Å². The van der Waals surface area contributed by atoms with Crippen LogP contribution in [0, 0.1) is 11.3 Å². The van der Waals surface area contributed by atoms with E-state index >= 15 is 0 Å². The lowest BCUT2D eigenvalue weighted by atomic mass is 9.97. The van der Waals surface area contributed by atoms with Gasteiger partial charge in [-0.25, -0.2) is 0 Å². The molecule has 118 valence electrons. The maximum atomic E-state index is 13.0. The molecule has 0 aliphatic rings. The molecule has 0 saturated heterocycles. The van der Waals surface area contributed by atoms with Crippen molar-refractivity contribution >= 4 is 17.5 Å². The summed E-state index contributed by atoms with van der Waals surface area (Å²) in [5, 5.41) is 10.3. The topological polar surface area (TPSA) is 44.1 Å². The van der Waals surface area contributed by atoms with Gasteiger partial charge in [0.2, 0.25) is 0 Å². The van der Waals surface area contributed by atoms with E-state index in [9.17, 15) is 10.1 Å². The van der Waals surface area contributed by atoms with Gasteiger partial charge in [-0.15, -0.1) is 0 Å². The van der Waals surface area contributed by atoms with Crippen LogP contribution in [0.5, 0.6) is 0 Å². The summed E-state index contributed by atoms with van der Waals surface area (Å²) in [6.07, 6.45) is 0. The average Bonchev–Trinajstić information content (AvgIpc) is 2.51. The third kappa shape index (κ3) is 3.91. The van der Waals surface area contributed by atoms with Crippen molar-refractivity contribution in [3.05, 3.63) is 70.7 Å². The molecule has 0 heterocycles. The molecule has 0 bridgehead atoms. The molecule has 2 aromatic rings. The number of nitrogens with zero attached hydrogens (tertiary/aromatic N) is 2. The van der Waals surface area contributed by atoms with Gasteiger partial charge in [0.1, 0.15) is 6.04 Å². The van der Waals surface area contributed by atoms with Gasteiger partial charge in [0, 0.05) is 16.1 Å². The molecule has 0 fully saturated rings. The highest BCUT2D eigenvalue weighted by Gasteiger charge is 2.34. The van der Waals surface area contributed by atoms with Crippen LogP contribution < -0.4 is 0 Å². The first-order valence-corrected chi connectivity index (χ1v) is 7.76. The van der Waals surface area contributed by atoms with E-state index in [1.165, 1.54) is 0 Å². The molecule has 23 heavy (non-hydrogen) atoms. The molecule has 1 unspecified atom stereocenters. The van der Waals surface area contributed by atoms with Crippen molar-refractivity contribution in [3.63, 3.8) is 0 Å². The normalized spacial score (nSPS) is 12.3. The molecule has 0 aliphatic heterocycles. The van der Waals surface area contributed by atoms with E-state index < -0.39 is 11.6 Å². The van der Waals surface area contributed by atoms with Crippen molar-refractivity contribution < 1.29 is 4.79 Å². The van der Waals surface area contributed by atoms with E-state index in [1.807, 2.05) is 45.0 Å². The fourth-order valence-electron chi connectivity index (χ4n) is 2.49. The van der Waals surface area contributed by atoms with Crippen LogP contribution >= 0.6 is 11.6 Å². The van der Waals surface area contributed by atoms with Crippen molar-refractivity contribution in [2.24, 2.45) is 0 Å². The summed E-state index contributed by atoms with van der Waals surface area (Å²) in [7, 11) is 0. The second-order valence-corrected chi connectivity index (χ2v) is 6.74. The maximum Gasteiger partial charge on any atom is 0.255 e. The Kier molecular flexibility index (Phi) is 5.08. The summed E-state index contributed by atoms with van der Waals surface area (Å²) in [5.74, 6) is -0.176. The van der Waals surface area contributed by atoms with Crippen LogP contribution in [0.1, 0.15) is 42.7 Å². The molecule has 0 N–H and O–H groups in total. The smallest absolute Gasteiger partial charge is 0.255 e. The first-order valence-electron chi connectivity index (χ1n) is 7.38. The van der Waals surface area contributed by atoms with Gasteiger partial charge in [0.05, 0.1) is 6.07 Å². The number of benzene rings is 2. The molecule has 0 spiro atoms. The molecule has 3 nitrogen and oxygen atoms in total. The Bertz CT molecular complexity index is 729. The number of hydrogen-bond acceptors (Lipinski definition) is 2. The number of amides is 1. The monoisotopic (exact) mass is 326 g/mol. The molecule has 0 saturated carbocycles. The Hall–Kier alpha value is -2.31. The Morgan fingerprint density at radius 3 is 2.30 bits per heavy atom. The fourth-order valence-corrected chi connectivity index (χ4v) is 2.69. The first-order chi connectivity index (χ1) is 10.8. The van der Waals surface area contributed by atoms with E-state index in [-0.39, 0.29) is 5.91 Å². The summed E-state index contributed by atoms with van der Waals surface area (Å²) < 4.78 is 0. The van der Waals surface area contributed by atoms with Crippen LogP contribution in [0.15, 0.2) is 54.6 Å². The second-order valence-electron chi connectivity index (χ2n) is 6.30. The molecule has 2 aromatic carbocycles. The minimum absolute atomic E-state index is 0.176. The van der Waals surface area contributed by atoms with Crippen LogP contribution in [0.3, 0.4) is 0 Å². The van der Waals surface area contributed by atoms with E-state index in [0.29, 0.717) is 16.1 Å². The summed E-state index contributed by atoms with van der Waals surface area (Å²) >= 11 is 6.05. The molecule has 2 rings (SSSR count). The van der Waals surface area contributed by atoms with Crippen LogP contribution in [0.2, 0.25) is 5.02 Å². The quantitative estimate of drug-likeness (QED) is 0.809. The summed E-state index contributed by atoms with van der Waals surface area (Å²) in [6.45, 7) is 5.76. The number of halogens is 1. The first kappa shape index (κ1) is 17.1. The molecule has 1 amide bonds. The van der Waals surface area contributed by atoms with E-state index in [0.717, 1.165) is 0 Å². The Morgan fingerprint density at radius 1 is 1.13 bits per heavy atom. The van der Waals surface area contributed by atoms with Crippen molar-refractivity contribution in [1.82, 2.24) is 4.90 Å². The van der Waals surface area contributed by atoms with Gasteiger partial charge in [-0.2, -0.15) is 5.26 Å². The van der Waals surface area contributed by atoms with Crippen molar-refractivity contribution in [2.75, 3.05) is 0 Å².